The monoisotopic (exact) mass is 220 g/mol. The fraction of sp³-hybridized carbons (Fsp3) is 0.538. The first-order chi connectivity index (χ1) is 7.68. The highest BCUT2D eigenvalue weighted by Crippen LogP contribution is 2.11. The Balaban J connectivity index is 4.09. The van der Waals surface area contributed by atoms with Crippen LogP contribution in [-0.2, 0) is 14.2 Å². The van der Waals surface area contributed by atoms with Crippen molar-refractivity contribution in [2.45, 2.75) is 12.5 Å². The summed E-state index contributed by atoms with van der Waals surface area (Å²) in [5.74, 6) is 7.14. The summed E-state index contributed by atoms with van der Waals surface area (Å²) in [6, 6.07) is 0. The van der Waals surface area contributed by atoms with E-state index in [0.717, 1.165) is 0 Å². The molecule has 0 rings (SSSR count). The Kier molecular flexibility index (Phi) is 8.04. The quantitative estimate of drug-likeness (QED) is 0.445. The van der Waals surface area contributed by atoms with Crippen LogP contribution in [0.3, 0.4) is 0 Å². The largest absolute Gasteiger partial charge is 0.366 e. The molecule has 0 aliphatic heterocycles. The Morgan fingerprint density at radius 2 is 1.31 bits per heavy atom. The van der Waals surface area contributed by atoms with E-state index in [1.807, 2.05) is 6.92 Å². The minimum atomic E-state index is -0.625. The van der Waals surface area contributed by atoms with Crippen LogP contribution in [0.5, 0.6) is 0 Å². The number of rotatable bonds is 8. The molecule has 0 aromatic heterocycles. The van der Waals surface area contributed by atoms with Crippen LogP contribution in [0.25, 0.3) is 0 Å². The maximum Gasteiger partial charge on any atom is 0.113 e. The smallest absolute Gasteiger partial charge is 0.113 e. The second-order valence-electron chi connectivity index (χ2n) is 3.34. The van der Waals surface area contributed by atoms with Gasteiger partial charge in [-0.3, -0.25) is 0 Å². The Morgan fingerprint density at radius 3 is 1.69 bits per heavy atom. The second-order valence-corrected chi connectivity index (χ2v) is 3.34. The highest BCUT2D eigenvalue weighted by Gasteiger charge is 2.25. The van der Waals surface area contributed by atoms with Gasteiger partial charge in [-0.25, -0.2) is 0 Å². The fourth-order valence-corrected chi connectivity index (χ4v) is 0.993. The summed E-state index contributed by atoms with van der Waals surface area (Å²) >= 11 is 0. The van der Waals surface area contributed by atoms with Crippen LogP contribution in [0.4, 0.5) is 0 Å². The predicted octanol–water partition coefficient (Wildman–Crippen LogP) is 0.695. The molecule has 0 fully saturated rings. The van der Waals surface area contributed by atoms with Crippen LogP contribution >= 0.6 is 0 Å². The van der Waals surface area contributed by atoms with E-state index in [2.05, 4.69) is 17.8 Å². The molecule has 0 aromatic carbocycles. The highest BCUT2D eigenvalue weighted by molar-refractivity contribution is 4.88. The lowest BCUT2D eigenvalue weighted by Crippen LogP contribution is -2.40. The molecule has 0 radical (unpaired) electrons. The summed E-state index contributed by atoms with van der Waals surface area (Å²) in [5.41, 5.74) is -0.625. The SMILES string of the molecule is C#CCOCC(C)(COCC#C)OCC#C. The molecule has 0 saturated carbocycles. The average Bonchev–Trinajstić information content (AvgIpc) is 2.27. The van der Waals surface area contributed by atoms with Crippen LogP contribution in [0, 0.1) is 37.0 Å². The molecule has 0 spiro atoms. The van der Waals surface area contributed by atoms with Gasteiger partial charge in [-0.05, 0) is 6.92 Å². The topological polar surface area (TPSA) is 27.7 Å². The molecule has 0 atom stereocenters. The maximum absolute atomic E-state index is 5.45. The molecule has 0 unspecified atom stereocenters. The minimum Gasteiger partial charge on any atom is -0.366 e. The molecular weight excluding hydrogens is 204 g/mol. The van der Waals surface area contributed by atoms with Crippen LogP contribution in [0.1, 0.15) is 6.92 Å². The van der Waals surface area contributed by atoms with E-state index in [1.54, 1.807) is 0 Å². The zero-order valence-electron chi connectivity index (χ0n) is 9.49. The summed E-state index contributed by atoms with van der Waals surface area (Å²) < 4.78 is 15.9. The van der Waals surface area contributed by atoms with E-state index in [4.69, 9.17) is 33.5 Å². The lowest BCUT2D eigenvalue weighted by atomic mass is 10.1. The highest BCUT2D eigenvalue weighted by atomic mass is 16.6. The third kappa shape index (κ3) is 6.93. The van der Waals surface area contributed by atoms with Gasteiger partial charge in [0.15, 0.2) is 0 Å². The molecule has 0 aliphatic carbocycles. The van der Waals surface area contributed by atoms with Gasteiger partial charge in [0.1, 0.15) is 25.4 Å². The summed E-state index contributed by atoms with van der Waals surface area (Å²) in [7, 11) is 0. The van der Waals surface area contributed by atoms with E-state index in [0.29, 0.717) is 13.2 Å². The molecule has 16 heavy (non-hydrogen) atoms. The van der Waals surface area contributed by atoms with Gasteiger partial charge in [0.2, 0.25) is 0 Å². The minimum absolute atomic E-state index is 0.190. The molecule has 0 N–H and O–H groups in total. The second kappa shape index (κ2) is 8.84. The Labute approximate surface area is 97.5 Å². The predicted molar refractivity (Wildman–Crippen MR) is 62.5 cm³/mol. The van der Waals surface area contributed by atoms with Crippen LogP contribution in [0.15, 0.2) is 0 Å². The molecule has 0 bridgehead atoms. The van der Waals surface area contributed by atoms with Gasteiger partial charge in [0.25, 0.3) is 0 Å². The standard InChI is InChI=1S/C13H16O3/c1-5-8-14-11-13(4,16-10-7-3)12-15-9-6-2/h1-3H,8-12H2,4H3. The fourth-order valence-electron chi connectivity index (χ4n) is 0.993. The maximum atomic E-state index is 5.45. The van der Waals surface area contributed by atoms with E-state index in [1.165, 1.54) is 0 Å². The normalized spacial score (nSPS) is 10.1. The first-order valence-corrected chi connectivity index (χ1v) is 4.78. The molecule has 86 valence electrons. The number of hydrogen-bond acceptors (Lipinski definition) is 3. The van der Waals surface area contributed by atoms with Gasteiger partial charge in [-0.2, -0.15) is 0 Å². The first kappa shape index (κ1) is 14.6. The van der Waals surface area contributed by atoms with Gasteiger partial charge in [0.05, 0.1) is 13.2 Å². The molecule has 3 nitrogen and oxygen atoms in total. The third-order valence-corrected chi connectivity index (χ3v) is 1.69. The van der Waals surface area contributed by atoms with Gasteiger partial charge in [-0.1, -0.05) is 17.8 Å². The lowest BCUT2D eigenvalue weighted by molar-refractivity contribution is -0.109. The number of terminal acetylenes is 3. The van der Waals surface area contributed by atoms with Crippen LogP contribution in [0.2, 0.25) is 0 Å². The summed E-state index contributed by atoms with van der Waals surface area (Å²) in [6.45, 7) is 3.09. The third-order valence-electron chi connectivity index (χ3n) is 1.69. The van der Waals surface area contributed by atoms with E-state index < -0.39 is 5.60 Å². The van der Waals surface area contributed by atoms with Crippen molar-refractivity contribution < 1.29 is 14.2 Å². The van der Waals surface area contributed by atoms with E-state index in [9.17, 15) is 0 Å². The Morgan fingerprint density at radius 1 is 0.875 bits per heavy atom. The summed E-state index contributed by atoms with van der Waals surface area (Å²) in [6.07, 6.45) is 15.3. The Bertz CT molecular complexity index is 281. The van der Waals surface area contributed by atoms with Gasteiger partial charge in [-0.15, -0.1) is 19.3 Å². The van der Waals surface area contributed by atoms with Gasteiger partial charge in [0, 0.05) is 0 Å². The van der Waals surface area contributed by atoms with E-state index in [-0.39, 0.29) is 19.8 Å². The van der Waals surface area contributed by atoms with Crippen LogP contribution < -0.4 is 0 Å². The summed E-state index contributed by atoms with van der Waals surface area (Å²) in [5, 5.41) is 0. The lowest BCUT2D eigenvalue weighted by Gasteiger charge is -2.28. The zero-order valence-corrected chi connectivity index (χ0v) is 9.49. The zero-order chi connectivity index (χ0) is 12.3. The molecule has 0 saturated heterocycles. The molecule has 0 aromatic rings. The van der Waals surface area contributed by atoms with Crippen molar-refractivity contribution >= 4 is 0 Å². The number of ether oxygens (including phenoxy) is 3. The van der Waals surface area contributed by atoms with Crippen molar-refractivity contribution in [2.24, 2.45) is 0 Å². The summed E-state index contributed by atoms with van der Waals surface area (Å²) in [4.78, 5) is 0. The van der Waals surface area contributed by atoms with Crippen molar-refractivity contribution in [3.8, 4) is 37.0 Å². The van der Waals surface area contributed by atoms with Crippen molar-refractivity contribution in [1.82, 2.24) is 0 Å². The van der Waals surface area contributed by atoms with Crippen molar-refractivity contribution in [2.75, 3.05) is 33.0 Å². The van der Waals surface area contributed by atoms with E-state index >= 15 is 0 Å². The molecule has 0 amide bonds. The molecule has 0 aliphatic rings. The first-order valence-electron chi connectivity index (χ1n) is 4.78. The Hall–Kier alpha value is -1.44. The molecule has 0 heterocycles. The number of hydrogen-bond donors (Lipinski definition) is 0. The molecular formula is C13H16O3. The van der Waals surface area contributed by atoms with Crippen molar-refractivity contribution in [1.29, 1.82) is 0 Å². The van der Waals surface area contributed by atoms with Gasteiger partial charge < -0.3 is 14.2 Å². The molecule has 3 heteroatoms. The average molecular weight is 220 g/mol. The van der Waals surface area contributed by atoms with Crippen molar-refractivity contribution in [3.05, 3.63) is 0 Å². The van der Waals surface area contributed by atoms with Crippen LogP contribution in [-0.4, -0.2) is 38.6 Å². The van der Waals surface area contributed by atoms with Crippen molar-refractivity contribution in [3.63, 3.8) is 0 Å². The van der Waals surface area contributed by atoms with Gasteiger partial charge >= 0.3 is 0 Å².